The fourth-order valence-corrected chi connectivity index (χ4v) is 3.34. The van der Waals surface area contributed by atoms with Crippen molar-refractivity contribution >= 4 is 40.9 Å². The molecule has 0 aliphatic heterocycles. The van der Waals surface area contributed by atoms with Gasteiger partial charge in [0.15, 0.2) is 0 Å². The molecular weight excluding hydrogens is 368 g/mol. The van der Waals surface area contributed by atoms with Gasteiger partial charge in [0.2, 0.25) is 5.91 Å². The number of anilines is 1. The number of carbonyl (C=O) groups excluding carboxylic acids is 2. The van der Waals surface area contributed by atoms with Crippen molar-refractivity contribution < 1.29 is 9.59 Å². The Hall–Kier alpha value is -2.24. The summed E-state index contributed by atoms with van der Waals surface area (Å²) in [5.74, 6) is -0.393. The molecule has 1 atom stereocenters. The average Bonchev–Trinajstić information content (AvgIpc) is 2.66. The summed E-state index contributed by atoms with van der Waals surface area (Å²) in [5, 5.41) is 5.98. The Kier molecular flexibility index (Phi) is 7.75. The molecule has 6 heteroatoms. The number of benzene rings is 2. The van der Waals surface area contributed by atoms with Gasteiger partial charge in [0.1, 0.15) is 0 Å². The number of nitrogens with one attached hydrogen (secondary N) is 2. The van der Waals surface area contributed by atoms with Gasteiger partial charge in [-0.15, -0.1) is 18.3 Å². The van der Waals surface area contributed by atoms with Crippen LogP contribution >= 0.6 is 23.4 Å². The summed E-state index contributed by atoms with van der Waals surface area (Å²) < 4.78 is 0. The monoisotopic (exact) mass is 388 g/mol. The summed E-state index contributed by atoms with van der Waals surface area (Å²) >= 11 is 7.37. The lowest BCUT2D eigenvalue weighted by Gasteiger charge is -2.16. The Morgan fingerprint density at radius 2 is 1.88 bits per heavy atom. The van der Waals surface area contributed by atoms with Gasteiger partial charge in [0.05, 0.1) is 16.5 Å². The highest BCUT2D eigenvalue weighted by Crippen LogP contribution is 2.28. The molecule has 0 aliphatic carbocycles. The molecule has 0 bridgehead atoms. The zero-order valence-electron chi connectivity index (χ0n) is 14.5. The van der Waals surface area contributed by atoms with Gasteiger partial charge in [-0.25, -0.2) is 0 Å². The molecule has 2 N–H and O–H groups in total. The number of hydrogen-bond donors (Lipinski definition) is 2. The highest BCUT2D eigenvalue weighted by atomic mass is 35.5. The van der Waals surface area contributed by atoms with Gasteiger partial charge in [-0.2, -0.15) is 0 Å². The van der Waals surface area contributed by atoms with E-state index in [9.17, 15) is 9.59 Å². The Morgan fingerprint density at radius 1 is 1.19 bits per heavy atom. The first-order valence-electron chi connectivity index (χ1n) is 8.26. The number of hydrogen-bond acceptors (Lipinski definition) is 3. The van der Waals surface area contributed by atoms with Crippen molar-refractivity contribution in [2.75, 3.05) is 11.9 Å². The van der Waals surface area contributed by atoms with Gasteiger partial charge in [-0.1, -0.05) is 36.7 Å². The lowest BCUT2D eigenvalue weighted by atomic mass is 10.1. The van der Waals surface area contributed by atoms with Crippen molar-refractivity contribution in [1.82, 2.24) is 5.32 Å². The van der Waals surface area contributed by atoms with E-state index in [4.69, 9.17) is 11.6 Å². The summed E-state index contributed by atoms with van der Waals surface area (Å²) in [6.45, 7) is 5.90. The van der Waals surface area contributed by atoms with Crippen LogP contribution in [0.1, 0.15) is 23.7 Å². The van der Waals surface area contributed by atoms with Crippen molar-refractivity contribution in [3.63, 3.8) is 0 Å². The van der Waals surface area contributed by atoms with Crippen molar-refractivity contribution in [2.45, 2.75) is 23.5 Å². The fraction of sp³-hybridized carbons (Fsp3) is 0.200. The van der Waals surface area contributed by atoms with E-state index in [1.54, 1.807) is 42.5 Å². The van der Waals surface area contributed by atoms with Crippen LogP contribution in [-0.4, -0.2) is 23.6 Å². The van der Waals surface area contributed by atoms with Crippen LogP contribution in [0.2, 0.25) is 5.02 Å². The lowest BCUT2D eigenvalue weighted by Crippen LogP contribution is -2.28. The highest BCUT2D eigenvalue weighted by Gasteiger charge is 2.20. The fourth-order valence-electron chi connectivity index (χ4n) is 2.26. The van der Waals surface area contributed by atoms with E-state index in [2.05, 4.69) is 17.2 Å². The second-order valence-electron chi connectivity index (χ2n) is 5.50. The van der Waals surface area contributed by atoms with Crippen molar-refractivity contribution in [2.24, 2.45) is 0 Å². The molecule has 0 radical (unpaired) electrons. The van der Waals surface area contributed by atoms with E-state index in [0.717, 1.165) is 4.90 Å². The van der Waals surface area contributed by atoms with Crippen LogP contribution < -0.4 is 10.6 Å². The third kappa shape index (κ3) is 5.64. The highest BCUT2D eigenvalue weighted by molar-refractivity contribution is 8.00. The number of carbonyl (C=O) groups is 2. The maximum atomic E-state index is 12.7. The molecule has 26 heavy (non-hydrogen) atoms. The maximum Gasteiger partial charge on any atom is 0.253 e. The molecule has 136 valence electrons. The molecule has 0 unspecified atom stereocenters. The lowest BCUT2D eigenvalue weighted by molar-refractivity contribution is -0.115. The molecule has 0 aliphatic rings. The predicted molar refractivity (Wildman–Crippen MR) is 109 cm³/mol. The molecule has 0 spiro atoms. The van der Waals surface area contributed by atoms with E-state index >= 15 is 0 Å². The Bertz CT molecular complexity index is 778. The van der Waals surface area contributed by atoms with Crippen molar-refractivity contribution in [1.29, 1.82) is 0 Å². The van der Waals surface area contributed by atoms with Crippen molar-refractivity contribution in [3.05, 3.63) is 71.8 Å². The quantitative estimate of drug-likeness (QED) is 0.506. The first-order valence-corrected chi connectivity index (χ1v) is 9.52. The van der Waals surface area contributed by atoms with Gasteiger partial charge in [0, 0.05) is 16.5 Å². The van der Waals surface area contributed by atoms with E-state index in [1.165, 1.54) is 11.8 Å². The minimum Gasteiger partial charge on any atom is -0.349 e. The molecule has 0 saturated heterocycles. The second-order valence-corrected chi connectivity index (χ2v) is 7.21. The SMILES string of the molecule is C=CCNC(=O)c1ccccc1NC(=O)[C@@H](CC)Sc1ccc(Cl)cc1. The van der Waals surface area contributed by atoms with Crippen LogP contribution in [0, 0.1) is 0 Å². The number of para-hydroxylation sites is 1. The van der Waals surface area contributed by atoms with Crippen molar-refractivity contribution in [3.8, 4) is 0 Å². The van der Waals surface area contributed by atoms with Crippen LogP contribution in [0.25, 0.3) is 0 Å². The van der Waals surface area contributed by atoms with Gasteiger partial charge in [-0.3, -0.25) is 9.59 Å². The minimum absolute atomic E-state index is 0.142. The van der Waals surface area contributed by atoms with Crippen LogP contribution in [0.5, 0.6) is 0 Å². The van der Waals surface area contributed by atoms with E-state index < -0.39 is 0 Å². The van der Waals surface area contributed by atoms with E-state index in [1.807, 2.05) is 19.1 Å². The van der Waals surface area contributed by atoms with E-state index in [0.29, 0.717) is 29.2 Å². The van der Waals surface area contributed by atoms with E-state index in [-0.39, 0.29) is 17.1 Å². The zero-order chi connectivity index (χ0) is 18.9. The van der Waals surface area contributed by atoms with Crippen LogP contribution in [0.15, 0.2) is 66.1 Å². The Balaban J connectivity index is 2.11. The molecule has 2 rings (SSSR count). The molecular formula is C20H21ClN2O2S. The summed E-state index contributed by atoms with van der Waals surface area (Å²) in [6, 6.07) is 14.3. The van der Waals surface area contributed by atoms with Crippen LogP contribution in [0.3, 0.4) is 0 Å². The number of rotatable bonds is 8. The molecule has 4 nitrogen and oxygen atoms in total. The number of thioether (sulfide) groups is 1. The van der Waals surface area contributed by atoms with Gasteiger partial charge in [-0.05, 0) is 42.8 Å². The third-order valence-corrected chi connectivity index (χ3v) is 5.22. The van der Waals surface area contributed by atoms with Gasteiger partial charge >= 0.3 is 0 Å². The predicted octanol–water partition coefficient (Wildman–Crippen LogP) is 4.77. The summed E-state index contributed by atoms with van der Waals surface area (Å²) in [5.41, 5.74) is 0.920. The summed E-state index contributed by atoms with van der Waals surface area (Å²) in [6.07, 6.45) is 2.26. The average molecular weight is 389 g/mol. The molecule has 0 fully saturated rings. The minimum atomic E-state index is -0.277. The Labute approximate surface area is 163 Å². The number of amides is 2. The van der Waals surface area contributed by atoms with Gasteiger partial charge < -0.3 is 10.6 Å². The smallest absolute Gasteiger partial charge is 0.253 e. The Morgan fingerprint density at radius 3 is 2.54 bits per heavy atom. The summed E-state index contributed by atoms with van der Waals surface area (Å²) in [4.78, 5) is 25.9. The molecule has 2 amide bonds. The molecule has 0 aromatic heterocycles. The maximum absolute atomic E-state index is 12.7. The standard InChI is InChI=1S/C20H21ClN2O2S/c1-3-13-22-19(24)16-7-5-6-8-17(16)23-20(25)18(4-2)26-15-11-9-14(21)10-12-15/h3,5-12,18H,1,4,13H2,2H3,(H,22,24)(H,23,25)/t18-/m1/s1. The molecule has 0 heterocycles. The van der Waals surface area contributed by atoms with Crippen LogP contribution in [-0.2, 0) is 4.79 Å². The number of halogens is 1. The molecule has 0 saturated carbocycles. The third-order valence-electron chi connectivity index (χ3n) is 3.59. The van der Waals surface area contributed by atoms with Crippen LogP contribution in [0.4, 0.5) is 5.69 Å². The molecule has 2 aromatic rings. The van der Waals surface area contributed by atoms with Gasteiger partial charge in [0.25, 0.3) is 5.91 Å². The normalized spacial score (nSPS) is 11.5. The summed E-state index contributed by atoms with van der Waals surface area (Å²) in [7, 11) is 0. The first kappa shape index (κ1) is 20.1. The largest absolute Gasteiger partial charge is 0.349 e. The first-order chi connectivity index (χ1) is 12.5. The second kappa shape index (κ2) is 10.0. The molecule has 2 aromatic carbocycles. The topological polar surface area (TPSA) is 58.2 Å². The zero-order valence-corrected chi connectivity index (χ0v) is 16.1.